The number of aliphatic carboxylic acids is 1. The molecule has 0 aliphatic rings. The van der Waals surface area contributed by atoms with E-state index in [2.05, 4.69) is 43.5 Å². The Morgan fingerprint density at radius 2 is 0.965 bits per heavy atom. The predicted molar refractivity (Wildman–Crippen MR) is 244 cm³/mol. The number of carbonyl (C=O) groups excluding carboxylic acids is 2. The first-order valence-electron chi connectivity index (χ1n) is 24.7. The molecule has 0 aliphatic carbocycles. The molecule has 0 heterocycles. The van der Waals surface area contributed by atoms with Crippen LogP contribution in [0.2, 0.25) is 0 Å². The zero-order valence-corrected chi connectivity index (χ0v) is 37.7. The van der Waals surface area contributed by atoms with Gasteiger partial charge in [-0.25, -0.2) is 4.79 Å². The molecule has 0 aromatic carbocycles. The minimum Gasteiger partial charge on any atom is -0.480 e. The monoisotopic (exact) mass is 803 g/mol. The summed E-state index contributed by atoms with van der Waals surface area (Å²) >= 11 is 0. The third kappa shape index (κ3) is 41.8. The van der Waals surface area contributed by atoms with Crippen LogP contribution in [0.5, 0.6) is 0 Å². The van der Waals surface area contributed by atoms with Crippen LogP contribution in [-0.2, 0) is 19.1 Å². The van der Waals surface area contributed by atoms with Crippen molar-refractivity contribution in [1.29, 1.82) is 0 Å². The van der Waals surface area contributed by atoms with Crippen LogP contribution < -0.4 is 11.1 Å². The fourth-order valence-electron chi connectivity index (χ4n) is 7.52. The highest BCUT2D eigenvalue weighted by Crippen LogP contribution is 2.17. The van der Waals surface area contributed by atoms with E-state index in [0.717, 1.165) is 70.6 Å². The zero-order valence-electron chi connectivity index (χ0n) is 37.7. The number of nitrogens with two attached hydrogens (primary N) is 1. The maximum atomic E-state index is 12.8. The number of ether oxygens (including phenoxy) is 1. The largest absolute Gasteiger partial charge is 0.480 e. The molecule has 0 fully saturated rings. The van der Waals surface area contributed by atoms with Gasteiger partial charge in [0, 0.05) is 12.8 Å². The Kier molecular flexibility index (Phi) is 43.2. The Morgan fingerprint density at radius 1 is 0.526 bits per heavy atom. The molecule has 0 saturated carbocycles. The molecule has 7 heteroatoms. The van der Waals surface area contributed by atoms with Crippen LogP contribution in [0, 0.1) is 0 Å². The summed E-state index contributed by atoms with van der Waals surface area (Å²) in [7, 11) is 0. The number of rotatable bonds is 45. The van der Waals surface area contributed by atoms with Gasteiger partial charge in [-0.15, -0.1) is 0 Å². The lowest BCUT2D eigenvalue weighted by Gasteiger charge is -2.15. The van der Waals surface area contributed by atoms with E-state index >= 15 is 0 Å². The summed E-state index contributed by atoms with van der Waals surface area (Å²) in [5, 5.41) is 11.9. The molecule has 0 bridgehead atoms. The van der Waals surface area contributed by atoms with E-state index in [9.17, 15) is 19.5 Å². The summed E-state index contributed by atoms with van der Waals surface area (Å²) in [6.07, 6.45) is 52.7. The fourth-order valence-corrected chi connectivity index (χ4v) is 7.52. The number of amides is 1. The van der Waals surface area contributed by atoms with E-state index < -0.39 is 12.0 Å². The van der Waals surface area contributed by atoms with Crippen molar-refractivity contribution in [3.8, 4) is 0 Å². The number of carboxylic acid groups (broad SMARTS) is 1. The van der Waals surface area contributed by atoms with Gasteiger partial charge in [0.05, 0.1) is 0 Å². The number of allylic oxidation sites excluding steroid dienone is 3. The SMILES string of the molecule is CCCCC/C=C\C/C=C\C(CCCCCCCCC(=O)NC(CCCN)C(=O)O)OC(=O)CCCCCCCCCCCCCCCCCCCCCCCC. The highest BCUT2D eigenvalue weighted by molar-refractivity contribution is 5.83. The van der Waals surface area contributed by atoms with Gasteiger partial charge in [-0.05, 0) is 70.4 Å². The standard InChI is InChI=1S/C50H94N2O5/c1-3-5-7-9-11-13-14-15-16-17-18-19-20-21-22-23-24-25-26-28-34-38-44-49(54)57-46(40-35-31-27-12-10-8-6-4-2)41-36-32-29-30-33-37-43-48(53)52-47(50(55)56)42-39-45-51/h12,27,35,40,46-47H,3-11,13-26,28-34,36-39,41-45,51H2,1-2H3,(H,52,53)(H,55,56)/b27-12-,40-35-. The van der Waals surface area contributed by atoms with Gasteiger partial charge in [-0.2, -0.15) is 0 Å². The molecule has 0 aromatic rings. The molecule has 334 valence electrons. The van der Waals surface area contributed by atoms with Gasteiger partial charge in [-0.1, -0.05) is 205 Å². The van der Waals surface area contributed by atoms with Crippen molar-refractivity contribution in [2.24, 2.45) is 5.73 Å². The van der Waals surface area contributed by atoms with Gasteiger partial charge in [-0.3, -0.25) is 9.59 Å². The van der Waals surface area contributed by atoms with Crippen LogP contribution in [0.3, 0.4) is 0 Å². The molecule has 0 rings (SSSR count). The smallest absolute Gasteiger partial charge is 0.326 e. The number of hydrogen-bond acceptors (Lipinski definition) is 5. The molecular weight excluding hydrogens is 709 g/mol. The zero-order chi connectivity index (χ0) is 41.7. The highest BCUT2D eigenvalue weighted by Gasteiger charge is 2.18. The molecular formula is C50H94N2O5. The number of carboxylic acids is 1. The second-order valence-electron chi connectivity index (χ2n) is 16.9. The van der Waals surface area contributed by atoms with Crippen LogP contribution in [-0.4, -0.2) is 41.6 Å². The van der Waals surface area contributed by atoms with Gasteiger partial charge in [0.25, 0.3) is 0 Å². The second-order valence-corrected chi connectivity index (χ2v) is 16.9. The fraction of sp³-hybridized carbons (Fsp3) is 0.860. The lowest BCUT2D eigenvalue weighted by atomic mass is 10.0. The lowest BCUT2D eigenvalue weighted by Crippen LogP contribution is -2.40. The molecule has 0 aromatic heterocycles. The molecule has 1 amide bonds. The first-order chi connectivity index (χ1) is 27.9. The number of esters is 1. The Bertz CT molecular complexity index is 951. The van der Waals surface area contributed by atoms with E-state index in [1.54, 1.807) is 0 Å². The summed E-state index contributed by atoms with van der Waals surface area (Å²) < 4.78 is 5.96. The van der Waals surface area contributed by atoms with Crippen molar-refractivity contribution < 1.29 is 24.2 Å². The normalized spacial score (nSPS) is 12.8. The Balaban J connectivity index is 4.07. The maximum absolute atomic E-state index is 12.8. The van der Waals surface area contributed by atoms with E-state index in [1.807, 2.05) is 0 Å². The maximum Gasteiger partial charge on any atom is 0.326 e. The predicted octanol–water partition coefficient (Wildman–Crippen LogP) is 14.4. The molecule has 0 saturated heterocycles. The summed E-state index contributed by atoms with van der Waals surface area (Å²) in [6, 6.07) is -0.854. The molecule has 7 nitrogen and oxygen atoms in total. The lowest BCUT2D eigenvalue weighted by molar-refractivity contribution is -0.147. The van der Waals surface area contributed by atoms with Crippen molar-refractivity contribution >= 4 is 17.8 Å². The van der Waals surface area contributed by atoms with Crippen molar-refractivity contribution in [3.05, 3.63) is 24.3 Å². The average molecular weight is 803 g/mol. The highest BCUT2D eigenvalue weighted by atomic mass is 16.5. The van der Waals surface area contributed by atoms with Gasteiger partial charge in [0.15, 0.2) is 0 Å². The number of hydrogen-bond donors (Lipinski definition) is 3. The molecule has 4 N–H and O–H groups in total. The van der Waals surface area contributed by atoms with Gasteiger partial charge in [0.2, 0.25) is 5.91 Å². The number of nitrogens with one attached hydrogen (secondary N) is 1. The van der Waals surface area contributed by atoms with Crippen molar-refractivity contribution in [1.82, 2.24) is 5.32 Å². The first kappa shape index (κ1) is 54.9. The Labute approximate surface area is 353 Å². The van der Waals surface area contributed by atoms with Crippen molar-refractivity contribution in [2.75, 3.05) is 6.54 Å². The van der Waals surface area contributed by atoms with Crippen molar-refractivity contribution in [3.63, 3.8) is 0 Å². The van der Waals surface area contributed by atoms with E-state index in [0.29, 0.717) is 32.2 Å². The third-order valence-electron chi connectivity index (χ3n) is 11.3. The summed E-state index contributed by atoms with van der Waals surface area (Å²) in [5.74, 6) is -1.28. The summed E-state index contributed by atoms with van der Waals surface area (Å²) in [6.45, 7) is 4.93. The van der Waals surface area contributed by atoms with Crippen LogP contribution in [0.25, 0.3) is 0 Å². The summed E-state index contributed by atoms with van der Waals surface area (Å²) in [5.41, 5.74) is 5.48. The number of carbonyl (C=O) groups is 3. The van der Waals surface area contributed by atoms with Crippen LogP contribution in [0.1, 0.15) is 258 Å². The molecule has 0 aliphatic heterocycles. The molecule has 0 radical (unpaired) electrons. The minimum atomic E-state index is -1.00. The molecule has 57 heavy (non-hydrogen) atoms. The Hall–Kier alpha value is -2.15. The van der Waals surface area contributed by atoms with E-state index in [-0.39, 0.29) is 18.0 Å². The van der Waals surface area contributed by atoms with Gasteiger partial charge in [0.1, 0.15) is 12.1 Å². The van der Waals surface area contributed by atoms with E-state index in [1.165, 1.54) is 148 Å². The second kappa shape index (κ2) is 44.9. The van der Waals surface area contributed by atoms with Crippen LogP contribution in [0.4, 0.5) is 0 Å². The third-order valence-corrected chi connectivity index (χ3v) is 11.3. The molecule has 0 spiro atoms. The van der Waals surface area contributed by atoms with Crippen molar-refractivity contribution in [2.45, 2.75) is 270 Å². The number of unbranched alkanes of at least 4 members (excludes halogenated alkanes) is 29. The van der Waals surface area contributed by atoms with Crippen LogP contribution in [0.15, 0.2) is 24.3 Å². The molecule has 2 unspecified atom stereocenters. The van der Waals surface area contributed by atoms with Crippen LogP contribution >= 0.6 is 0 Å². The minimum absolute atomic E-state index is 0.0700. The topological polar surface area (TPSA) is 119 Å². The van der Waals surface area contributed by atoms with Gasteiger partial charge >= 0.3 is 11.9 Å². The van der Waals surface area contributed by atoms with E-state index in [4.69, 9.17) is 10.5 Å². The quantitative estimate of drug-likeness (QED) is 0.0320. The first-order valence-corrected chi connectivity index (χ1v) is 24.7. The molecule has 2 atom stereocenters. The average Bonchev–Trinajstić information content (AvgIpc) is 3.20. The van der Waals surface area contributed by atoms with Gasteiger partial charge < -0.3 is 20.9 Å². The summed E-state index contributed by atoms with van der Waals surface area (Å²) in [4.78, 5) is 36.3. The Morgan fingerprint density at radius 3 is 1.44 bits per heavy atom.